The lowest BCUT2D eigenvalue weighted by Crippen LogP contribution is -2.52. The molecule has 0 aliphatic carbocycles. The molecule has 1 amide bonds. The first kappa shape index (κ1) is 19.9. The average molecular weight is 363 g/mol. The van der Waals surface area contributed by atoms with E-state index in [2.05, 4.69) is 0 Å². The molecule has 1 aliphatic rings. The molecule has 1 aliphatic heterocycles. The molecular weight excluding hydrogens is 338 g/mol. The summed E-state index contributed by atoms with van der Waals surface area (Å²) >= 11 is 0. The van der Waals surface area contributed by atoms with Gasteiger partial charge in [-0.15, -0.1) is 0 Å². The van der Waals surface area contributed by atoms with Gasteiger partial charge in [-0.1, -0.05) is 30.3 Å². The van der Waals surface area contributed by atoms with E-state index in [1.807, 2.05) is 30.3 Å². The Morgan fingerprint density at radius 1 is 1.04 bits per heavy atom. The van der Waals surface area contributed by atoms with Crippen molar-refractivity contribution in [1.29, 1.82) is 0 Å². The Morgan fingerprint density at radius 3 is 2.12 bits per heavy atom. The van der Waals surface area contributed by atoms with Gasteiger partial charge >= 0.3 is 11.9 Å². The quantitative estimate of drug-likeness (QED) is 0.518. The van der Waals surface area contributed by atoms with E-state index in [1.54, 1.807) is 20.8 Å². The Bertz CT molecular complexity index is 627. The molecule has 2 rings (SSSR count). The van der Waals surface area contributed by atoms with E-state index in [9.17, 15) is 14.4 Å². The molecule has 0 aromatic heterocycles. The molecule has 1 heterocycles. The first-order valence-corrected chi connectivity index (χ1v) is 8.80. The maximum atomic E-state index is 12.7. The van der Waals surface area contributed by atoms with Gasteiger partial charge in [0, 0.05) is 13.2 Å². The number of rotatable bonds is 8. The third-order valence-electron chi connectivity index (χ3n) is 4.25. The number of carbonyl (C=O) groups excluding carboxylic acids is 3. The third kappa shape index (κ3) is 3.72. The largest absolute Gasteiger partial charge is 0.465 e. The third-order valence-corrected chi connectivity index (χ3v) is 4.25. The van der Waals surface area contributed by atoms with Crippen LogP contribution >= 0.6 is 0 Å². The first-order chi connectivity index (χ1) is 12.5. The Kier molecular flexibility index (Phi) is 6.74. The predicted octanol–water partition coefficient (Wildman–Crippen LogP) is 1.89. The lowest BCUT2D eigenvalue weighted by Gasteiger charge is -2.33. The second-order valence-electron chi connectivity index (χ2n) is 5.90. The number of ether oxygens (including phenoxy) is 3. The van der Waals surface area contributed by atoms with Gasteiger partial charge in [0.15, 0.2) is 6.23 Å². The van der Waals surface area contributed by atoms with Gasteiger partial charge in [0.1, 0.15) is 0 Å². The number of likely N-dealkylation sites (tertiary alicyclic amines) is 1. The molecule has 1 fully saturated rings. The minimum atomic E-state index is -1.81. The molecule has 1 aromatic rings. The van der Waals surface area contributed by atoms with E-state index >= 15 is 0 Å². The smallest absolute Gasteiger partial charge is 0.328 e. The first-order valence-electron chi connectivity index (χ1n) is 8.80. The molecule has 1 atom stereocenters. The van der Waals surface area contributed by atoms with Crippen LogP contribution in [-0.4, -0.2) is 48.8 Å². The van der Waals surface area contributed by atoms with Gasteiger partial charge < -0.3 is 19.1 Å². The van der Waals surface area contributed by atoms with Crippen LogP contribution in [0.5, 0.6) is 0 Å². The van der Waals surface area contributed by atoms with E-state index < -0.39 is 23.6 Å². The average Bonchev–Trinajstić information content (AvgIpc) is 2.90. The van der Waals surface area contributed by atoms with Gasteiger partial charge in [0.05, 0.1) is 19.6 Å². The number of amides is 1. The monoisotopic (exact) mass is 363 g/mol. The van der Waals surface area contributed by atoms with Crippen molar-refractivity contribution < 1.29 is 28.6 Å². The van der Waals surface area contributed by atoms with Crippen molar-refractivity contribution in [1.82, 2.24) is 4.90 Å². The highest BCUT2D eigenvalue weighted by atomic mass is 16.6. The lowest BCUT2D eigenvalue weighted by atomic mass is 9.85. The maximum Gasteiger partial charge on any atom is 0.328 e. The van der Waals surface area contributed by atoms with Crippen molar-refractivity contribution in [3.8, 4) is 0 Å². The molecule has 1 unspecified atom stereocenters. The number of hydrogen-bond donors (Lipinski definition) is 0. The van der Waals surface area contributed by atoms with Crippen molar-refractivity contribution in [3.05, 3.63) is 35.9 Å². The van der Waals surface area contributed by atoms with Crippen LogP contribution in [-0.2, 0) is 35.1 Å². The summed E-state index contributed by atoms with van der Waals surface area (Å²) in [4.78, 5) is 39.6. The summed E-state index contributed by atoms with van der Waals surface area (Å²) in [6.45, 7) is 5.66. The zero-order valence-corrected chi connectivity index (χ0v) is 15.4. The normalized spacial score (nSPS) is 18.7. The van der Waals surface area contributed by atoms with E-state index in [1.165, 1.54) is 4.90 Å². The summed E-state index contributed by atoms with van der Waals surface area (Å²) in [6.07, 6.45) is -1.40. The fourth-order valence-electron chi connectivity index (χ4n) is 3.11. The van der Waals surface area contributed by atoms with Crippen LogP contribution < -0.4 is 0 Å². The molecular formula is C19H25NO6. The summed E-state index contributed by atoms with van der Waals surface area (Å²) < 4.78 is 16.0. The van der Waals surface area contributed by atoms with Gasteiger partial charge in [-0.05, 0) is 26.3 Å². The highest BCUT2D eigenvalue weighted by Crippen LogP contribution is 2.42. The van der Waals surface area contributed by atoms with Crippen LogP contribution in [0.1, 0.15) is 32.8 Å². The zero-order chi connectivity index (χ0) is 19.2. The lowest BCUT2D eigenvalue weighted by molar-refractivity contribution is -0.189. The number of benzene rings is 1. The number of carbonyl (C=O) groups is 3. The van der Waals surface area contributed by atoms with E-state index in [0.29, 0.717) is 0 Å². The summed E-state index contributed by atoms with van der Waals surface area (Å²) in [7, 11) is 0. The van der Waals surface area contributed by atoms with E-state index in [4.69, 9.17) is 14.2 Å². The molecule has 0 saturated carbocycles. The Balaban J connectivity index is 2.44. The molecule has 0 N–H and O–H groups in total. The number of nitrogens with zero attached hydrogens (tertiary/aromatic N) is 1. The Labute approximate surface area is 153 Å². The van der Waals surface area contributed by atoms with Crippen LogP contribution in [0.15, 0.2) is 30.3 Å². The minimum Gasteiger partial charge on any atom is -0.465 e. The van der Waals surface area contributed by atoms with Crippen molar-refractivity contribution in [2.45, 2.75) is 40.0 Å². The van der Waals surface area contributed by atoms with E-state index in [0.717, 1.165) is 5.56 Å². The summed E-state index contributed by atoms with van der Waals surface area (Å²) in [5.74, 6) is -1.94. The van der Waals surface area contributed by atoms with Gasteiger partial charge in [-0.3, -0.25) is 14.4 Å². The second-order valence-corrected chi connectivity index (χ2v) is 5.90. The van der Waals surface area contributed by atoms with Crippen LogP contribution in [0.3, 0.4) is 0 Å². The molecule has 1 saturated heterocycles. The highest BCUT2D eigenvalue weighted by molar-refractivity contribution is 6.06. The SMILES string of the molecule is CCOC(=O)C1(C(=O)OCC)CC(=O)N(Cc2ccccc2)C1OCC. The molecule has 7 nitrogen and oxygen atoms in total. The van der Waals surface area contributed by atoms with Crippen molar-refractivity contribution in [3.63, 3.8) is 0 Å². The van der Waals surface area contributed by atoms with Crippen molar-refractivity contribution >= 4 is 17.8 Å². The predicted molar refractivity (Wildman–Crippen MR) is 92.7 cm³/mol. The molecule has 0 radical (unpaired) electrons. The standard InChI is InChI=1S/C19H25NO6/c1-4-24-16-19(17(22)25-5-2,18(23)26-6-3)12-15(21)20(16)13-14-10-8-7-9-11-14/h7-11,16H,4-6,12-13H2,1-3H3. The fraction of sp³-hybridized carbons (Fsp3) is 0.526. The maximum absolute atomic E-state index is 12.7. The van der Waals surface area contributed by atoms with Crippen molar-refractivity contribution in [2.24, 2.45) is 5.41 Å². The van der Waals surface area contributed by atoms with Crippen LogP contribution in [0.2, 0.25) is 0 Å². The second kappa shape index (κ2) is 8.80. The molecule has 1 aromatic carbocycles. The molecule has 0 bridgehead atoms. The molecule has 26 heavy (non-hydrogen) atoms. The van der Waals surface area contributed by atoms with Crippen molar-refractivity contribution in [2.75, 3.05) is 19.8 Å². The molecule has 142 valence electrons. The molecule has 7 heteroatoms. The van der Waals surface area contributed by atoms with Gasteiger partial charge in [-0.2, -0.15) is 0 Å². The van der Waals surface area contributed by atoms with Crippen LogP contribution in [0.25, 0.3) is 0 Å². The van der Waals surface area contributed by atoms with Crippen LogP contribution in [0.4, 0.5) is 0 Å². The Morgan fingerprint density at radius 2 is 1.62 bits per heavy atom. The number of hydrogen-bond acceptors (Lipinski definition) is 6. The van der Waals surface area contributed by atoms with Crippen LogP contribution in [0, 0.1) is 5.41 Å². The number of esters is 2. The zero-order valence-electron chi connectivity index (χ0n) is 15.4. The summed E-state index contributed by atoms with van der Waals surface area (Å²) in [5, 5.41) is 0. The summed E-state index contributed by atoms with van der Waals surface area (Å²) in [5.41, 5.74) is -0.942. The fourth-order valence-corrected chi connectivity index (χ4v) is 3.11. The highest BCUT2D eigenvalue weighted by Gasteiger charge is 2.64. The Hall–Kier alpha value is -2.41. The topological polar surface area (TPSA) is 82.1 Å². The minimum absolute atomic E-state index is 0.0890. The summed E-state index contributed by atoms with van der Waals surface area (Å²) in [6, 6.07) is 9.32. The molecule has 0 spiro atoms. The van der Waals surface area contributed by atoms with Gasteiger partial charge in [0.2, 0.25) is 11.3 Å². The van der Waals surface area contributed by atoms with Gasteiger partial charge in [0.25, 0.3) is 0 Å². The van der Waals surface area contributed by atoms with Gasteiger partial charge in [-0.25, -0.2) is 0 Å². The van der Waals surface area contributed by atoms with E-state index in [-0.39, 0.29) is 38.7 Å².